The van der Waals surface area contributed by atoms with Crippen molar-refractivity contribution in [2.75, 3.05) is 6.54 Å². The molecule has 5 rings (SSSR count). The Bertz CT molecular complexity index is 1580. The molecule has 3 aromatic carbocycles. The van der Waals surface area contributed by atoms with Crippen LogP contribution in [0, 0.1) is 10.1 Å². The van der Waals surface area contributed by atoms with Gasteiger partial charge in [0, 0.05) is 40.7 Å². The predicted octanol–water partition coefficient (Wildman–Crippen LogP) is 4.21. The van der Waals surface area contributed by atoms with E-state index in [4.69, 9.17) is 11.6 Å². The zero-order valence-electron chi connectivity index (χ0n) is 21.3. The van der Waals surface area contributed by atoms with Gasteiger partial charge in [0.15, 0.2) is 0 Å². The number of aliphatic imine (C=N–C) groups is 2. The number of carbonyl (C=O) groups is 3. The fourth-order valence-corrected chi connectivity index (χ4v) is 4.89. The van der Waals surface area contributed by atoms with E-state index in [1.54, 1.807) is 55.5 Å². The lowest BCUT2D eigenvalue weighted by molar-refractivity contribution is -0.384. The minimum Gasteiger partial charge on any atom is -0.284 e. The van der Waals surface area contributed by atoms with E-state index in [-0.39, 0.29) is 24.5 Å². The van der Waals surface area contributed by atoms with Gasteiger partial charge in [0.2, 0.25) is 5.91 Å². The van der Waals surface area contributed by atoms with Gasteiger partial charge in [-0.1, -0.05) is 48.9 Å². The van der Waals surface area contributed by atoms with Gasteiger partial charge in [-0.05, 0) is 30.7 Å². The molecule has 0 saturated heterocycles. The number of nitrogens with zero attached hydrogens (tertiary/aromatic N) is 4. The molecule has 0 bridgehead atoms. The molecule has 40 heavy (non-hydrogen) atoms. The van der Waals surface area contributed by atoms with Gasteiger partial charge < -0.3 is 0 Å². The Morgan fingerprint density at radius 2 is 1.68 bits per heavy atom. The fourth-order valence-electron chi connectivity index (χ4n) is 4.66. The third kappa shape index (κ3) is 5.06. The lowest BCUT2D eigenvalue weighted by atomic mass is 10.00. The second-order valence-electron chi connectivity index (χ2n) is 9.13. The Hall–Kier alpha value is -4.90. The van der Waals surface area contributed by atoms with E-state index in [0.29, 0.717) is 45.1 Å². The largest absolute Gasteiger partial charge is 0.284 e. The molecule has 0 fully saturated rings. The van der Waals surface area contributed by atoms with E-state index in [2.05, 4.69) is 20.8 Å². The molecule has 2 aliphatic heterocycles. The van der Waals surface area contributed by atoms with Crippen LogP contribution in [0.5, 0.6) is 0 Å². The van der Waals surface area contributed by atoms with Crippen molar-refractivity contribution in [3.05, 3.63) is 104 Å². The Balaban J connectivity index is 1.34. The van der Waals surface area contributed by atoms with Gasteiger partial charge in [0.25, 0.3) is 17.5 Å². The average Bonchev–Trinajstić information content (AvgIpc) is 3.08. The third-order valence-electron chi connectivity index (χ3n) is 6.65. The summed E-state index contributed by atoms with van der Waals surface area (Å²) in [6.07, 6.45) is 0.261. The number of carbonyl (C=O) groups excluding carboxylic acids is 3. The number of imide groups is 1. The summed E-state index contributed by atoms with van der Waals surface area (Å²) in [7, 11) is 0. The quantitative estimate of drug-likeness (QED) is 0.263. The number of amides is 3. The number of halogens is 1. The van der Waals surface area contributed by atoms with Crippen molar-refractivity contribution in [2.24, 2.45) is 9.98 Å². The van der Waals surface area contributed by atoms with E-state index < -0.39 is 28.7 Å². The number of rotatable bonds is 6. The predicted molar refractivity (Wildman–Crippen MR) is 149 cm³/mol. The van der Waals surface area contributed by atoms with E-state index in [9.17, 15) is 24.5 Å². The molecule has 11 nitrogen and oxygen atoms in total. The minimum absolute atomic E-state index is 0.0128. The third-order valence-corrected chi connectivity index (χ3v) is 6.98. The topological polar surface area (TPSA) is 146 Å². The molecule has 0 radical (unpaired) electrons. The van der Waals surface area contributed by atoms with Crippen LogP contribution in [-0.4, -0.2) is 51.7 Å². The maximum atomic E-state index is 12.9. The van der Waals surface area contributed by atoms with Gasteiger partial charge in [0.05, 0.1) is 34.0 Å². The fraction of sp³-hybridized carbons (Fsp3) is 0.179. The minimum atomic E-state index is -0.642. The van der Waals surface area contributed by atoms with Gasteiger partial charge in [-0.2, -0.15) is 0 Å². The summed E-state index contributed by atoms with van der Waals surface area (Å²) >= 11 is 6.41. The first-order valence-corrected chi connectivity index (χ1v) is 12.8. The molecule has 0 aromatic heterocycles. The first-order chi connectivity index (χ1) is 19.3. The molecule has 1 unspecified atom stereocenters. The highest BCUT2D eigenvalue weighted by molar-refractivity contribution is 6.36. The lowest BCUT2D eigenvalue weighted by Crippen LogP contribution is -2.47. The number of hydrogen-bond acceptors (Lipinski definition) is 8. The van der Waals surface area contributed by atoms with Gasteiger partial charge in [-0.15, -0.1) is 0 Å². The summed E-state index contributed by atoms with van der Waals surface area (Å²) in [5.41, 5.74) is 7.69. The molecule has 0 aliphatic carbocycles. The summed E-state index contributed by atoms with van der Waals surface area (Å²) in [6, 6.07) is 17.2. The summed E-state index contributed by atoms with van der Waals surface area (Å²) in [6.45, 7) is 1.81. The van der Waals surface area contributed by atoms with Crippen LogP contribution < -0.4 is 10.9 Å². The molecule has 0 spiro atoms. The van der Waals surface area contributed by atoms with E-state index >= 15 is 0 Å². The number of fused-ring (bicyclic) bond motifs is 2. The second kappa shape index (κ2) is 11.1. The van der Waals surface area contributed by atoms with Crippen LogP contribution in [0.25, 0.3) is 0 Å². The standard InChI is InChI=1S/C28H23ClN6O5/c1-2-16(34-27(37)18-7-3-4-8-19(18)28(34)38)14-25(36)33-32-24-15-30-26(20-9-5-6-10-22(20)29)21-13-17(35(39)40)11-12-23(21)31-24/h3-13,16H,2,14-15H2,1H3,(H,31,32)(H,33,36). The molecule has 2 aliphatic rings. The zero-order chi connectivity index (χ0) is 28.4. The smallest absolute Gasteiger partial charge is 0.270 e. The van der Waals surface area contributed by atoms with Crippen LogP contribution in [0.15, 0.2) is 76.7 Å². The zero-order valence-corrected chi connectivity index (χ0v) is 22.0. The Kier molecular flexibility index (Phi) is 7.39. The highest BCUT2D eigenvalue weighted by Gasteiger charge is 2.39. The lowest BCUT2D eigenvalue weighted by Gasteiger charge is -2.24. The summed E-state index contributed by atoms with van der Waals surface area (Å²) < 4.78 is 0. The SMILES string of the molecule is CCC(CC(=O)NNC1=Nc2ccc([N+](=O)[O-])cc2C(c2ccccc2Cl)=NC1)N1C(=O)c2ccccc2C1=O. The number of hydrogen-bond donors (Lipinski definition) is 2. The molecule has 3 aromatic rings. The highest BCUT2D eigenvalue weighted by atomic mass is 35.5. The maximum absolute atomic E-state index is 12.9. The normalized spacial score (nSPS) is 14.9. The van der Waals surface area contributed by atoms with Gasteiger partial charge in [-0.25, -0.2) is 4.99 Å². The van der Waals surface area contributed by atoms with Gasteiger partial charge in [0.1, 0.15) is 5.84 Å². The molecule has 2 heterocycles. The van der Waals surface area contributed by atoms with Crippen molar-refractivity contribution in [3.63, 3.8) is 0 Å². The summed E-state index contributed by atoms with van der Waals surface area (Å²) in [5, 5.41) is 11.9. The molecule has 202 valence electrons. The first kappa shape index (κ1) is 26.7. The highest BCUT2D eigenvalue weighted by Crippen LogP contribution is 2.31. The summed E-state index contributed by atoms with van der Waals surface area (Å²) in [4.78, 5) is 59.8. The van der Waals surface area contributed by atoms with Gasteiger partial charge >= 0.3 is 0 Å². The molecule has 1 atom stereocenters. The van der Waals surface area contributed by atoms with Crippen LogP contribution in [0.1, 0.15) is 51.6 Å². The molecule has 12 heteroatoms. The van der Waals surface area contributed by atoms with Crippen molar-refractivity contribution in [3.8, 4) is 0 Å². The van der Waals surface area contributed by atoms with E-state index in [0.717, 1.165) is 4.90 Å². The number of nitro groups is 1. The molecule has 2 N–H and O–H groups in total. The maximum Gasteiger partial charge on any atom is 0.270 e. The van der Waals surface area contributed by atoms with Crippen LogP contribution in [-0.2, 0) is 4.79 Å². The Morgan fingerprint density at radius 3 is 2.30 bits per heavy atom. The first-order valence-electron chi connectivity index (χ1n) is 12.5. The van der Waals surface area contributed by atoms with Crippen molar-refractivity contribution < 1.29 is 19.3 Å². The summed E-state index contributed by atoms with van der Waals surface area (Å²) in [5.74, 6) is -1.03. The number of non-ortho nitro benzene ring substituents is 1. The van der Waals surface area contributed by atoms with Crippen molar-refractivity contribution >= 4 is 52.2 Å². The van der Waals surface area contributed by atoms with Crippen LogP contribution in [0.4, 0.5) is 11.4 Å². The van der Waals surface area contributed by atoms with Crippen LogP contribution in [0.2, 0.25) is 5.02 Å². The van der Waals surface area contributed by atoms with Gasteiger partial charge in [-0.3, -0.25) is 45.2 Å². The molecule has 3 amide bonds. The average molecular weight is 559 g/mol. The molecular weight excluding hydrogens is 536 g/mol. The Labute approximate surface area is 233 Å². The van der Waals surface area contributed by atoms with Crippen molar-refractivity contribution in [1.29, 1.82) is 0 Å². The Morgan fingerprint density at radius 1 is 1.02 bits per heavy atom. The number of amidine groups is 1. The van der Waals surface area contributed by atoms with Crippen LogP contribution >= 0.6 is 11.6 Å². The van der Waals surface area contributed by atoms with Crippen LogP contribution in [0.3, 0.4) is 0 Å². The van der Waals surface area contributed by atoms with E-state index in [1.807, 2.05) is 0 Å². The van der Waals surface area contributed by atoms with Crippen molar-refractivity contribution in [1.82, 2.24) is 15.8 Å². The molecular formula is C28H23ClN6O5. The van der Waals surface area contributed by atoms with Crippen molar-refractivity contribution in [2.45, 2.75) is 25.8 Å². The monoisotopic (exact) mass is 558 g/mol. The number of nitrogens with one attached hydrogen (secondary N) is 2. The number of hydrazine groups is 1. The van der Waals surface area contributed by atoms with E-state index in [1.165, 1.54) is 18.2 Å². The number of benzene rings is 3. The molecule has 0 saturated carbocycles. The second-order valence-corrected chi connectivity index (χ2v) is 9.53. The number of nitro benzene ring substituents is 1.